The van der Waals surface area contributed by atoms with Crippen LogP contribution in [0.15, 0.2) is 12.4 Å². The van der Waals surface area contributed by atoms with Crippen molar-refractivity contribution in [2.24, 2.45) is 5.92 Å². The zero-order valence-electron chi connectivity index (χ0n) is 14.9. The molecule has 1 aromatic rings. The van der Waals surface area contributed by atoms with E-state index in [1.807, 2.05) is 31.4 Å². The molecule has 0 radical (unpaired) electrons. The minimum atomic E-state index is 0.374. The van der Waals surface area contributed by atoms with E-state index in [4.69, 9.17) is 0 Å². The molecule has 3 heterocycles. The van der Waals surface area contributed by atoms with Gasteiger partial charge < -0.3 is 9.80 Å². The summed E-state index contributed by atoms with van der Waals surface area (Å²) in [5.41, 5.74) is 1.16. The van der Waals surface area contributed by atoms with E-state index in [9.17, 15) is 4.79 Å². The highest BCUT2D eigenvalue weighted by Gasteiger charge is 2.25. The van der Waals surface area contributed by atoms with Crippen molar-refractivity contribution < 1.29 is 4.79 Å². The van der Waals surface area contributed by atoms with Gasteiger partial charge in [-0.25, -0.2) is 9.97 Å². The molecule has 24 heavy (non-hydrogen) atoms. The van der Waals surface area contributed by atoms with Gasteiger partial charge in [0.05, 0.1) is 0 Å². The average molecular weight is 331 g/mol. The molecule has 2 aliphatic heterocycles. The second-order valence-corrected chi connectivity index (χ2v) is 7.30. The van der Waals surface area contributed by atoms with Gasteiger partial charge >= 0.3 is 0 Å². The Morgan fingerprint density at radius 3 is 2.33 bits per heavy atom. The number of aromatic nitrogens is 2. The van der Waals surface area contributed by atoms with Crippen molar-refractivity contribution in [1.29, 1.82) is 0 Å². The molecule has 3 rings (SSSR count). The second kappa shape index (κ2) is 7.92. The van der Waals surface area contributed by atoms with Gasteiger partial charge in [-0.15, -0.1) is 0 Å². The molecule has 0 aromatic carbocycles. The molecule has 132 valence electrons. The maximum absolute atomic E-state index is 12.3. The van der Waals surface area contributed by atoms with E-state index in [1.54, 1.807) is 0 Å². The third kappa shape index (κ3) is 4.44. The summed E-state index contributed by atoms with van der Waals surface area (Å²) in [6.45, 7) is 4.97. The first-order valence-electron chi connectivity index (χ1n) is 9.10. The van der Waals surface area contributed by atoms with Crippen LogP contribution in [-0.4, -0.2) is 65.9 Å². The summed E-state index contributed by atoms with van der Waals surface area (Å²) in [5.74, 6) is 1.68. The van der Waals surface area contributed by atoms with Gasteiger partial charge in [0.1, 0.15) is 0 Å². The Morgan fingerprint density at radius 1 is 1.12 bits per heavy atom. The summed E-state index contributed by atoms with van der Waals surface area (Å²) >= 11 is 0. The third-order valence-electron chi connectivity index (χ3n) is 5.13. The molecule has 0 aliphatic carbocycles. The van der Waals surface area contributed by atoms with Crippen molar-refractivity contribution in [3.8, 4) is 0 Å². The Hall–Kier alpha value is -1.69. The van der Waals surface area contributed by atoms with Crippen molar-refractivity contribution in [2.75, 3.05) is 45.2 Å². The number of carbonyl (C=O) groups is 1. The highest BCUT2D eigenvalue weighted by Crippen LogP contribution is 2.23. The summed E-state index contributed by atoms with van der Waals surface area (Å²) in [4.78, 5) is 27.4. The normalized spacial score (nSPS) is 19.7. The van der Waals surface area contributed by atoms with E-state index in [0.717, 1.165) is 63.5 Å². The number of likely N-dealkylation sites (tertiary alicyclic amines) is 2. The zero-order valence-corrected chi connectivity index (χ0v) is 14.9. The molecule has 0 bridgehead atoms. The molecular formula is C18H29N5O. The number of rotatable bonds is 5. The number of amides is 1. The number of anilines is 1. The Bertz CT molecular complexity index is 531. The van der Waals surface area contributed by atoms with Gasteiger partial charge in [0.15, 0.2) is 0 Å². The van der Waals surface area contributed by atoms with E-state index in [-0.39, 0.29) is 0 Å². The van der Waals surface area contributed by atoms with Crippen LogP contribution in [0, 0.1) is 5.92 Å². The van der Waals surface area contributed by atoms with Gasteiger partial charge in [0.2, 0.25) is 11.9 Å². The Kier molecular flexibility index (Phi) is 5.66. The van der Waals surface area contributed by atoms with Crippen LogP contribution in [0.1, 0.15) is 37.7 Å². The number of hydrogen-bond acceptors (Lipinski definition) is 5. The van der Waals surface area contributed by atoms with E-state index in [0.29, 0.717) is 11.8 Å². The molecule has 0 saturated carbocycles. The second-order valence-electron chi connectivity index (χ2n) is 7.30. The lowest BCUT2D eigenvalue weighted by Gasteiger charge is -2.32. The quantitative estimate of drug-likeness (QED) is 0.823. The number of carbonyl (C=O) groups excluding carboxylic acids is 1. The molecule has 6 nitrogen and oxygen atoms in total. The van der Waals surface area contributed by atoms with Crippen LogP contribution in [0.4, 0.5) is 5.95 Å². The fraction of sp³-hybridized carbons (Fsp3) is 0.722. The predicted octanol–water partition coefficient (Wildman–Crippen LogP) is 1.77. The Balaban J connectivity index is 1.42. The van der Waals surface area contributed by atoms with E-state index < -0.39 is 0 Å². The van der Waals surface area contributed by atoms with Crippen LogP contribution in [0.2, 0.25) is 0 Å². The maximum Gasteiger partial charge on any atom is 0.224 e. The topological polar surface area (TPSA) is 52.6 Å². The molecule has 1 amide bonds. The molecule has 0 N–H and O–H groups in total. The highest BCUT2D eigenvalue weighted by atomic mass is 16.2. The van der Waals surface area contributed by atoms with Crippen molar-refractivity contribution in [3.05, 3.63) is 18.0 Å². The van der Waals surface area contributed by atoms with E-state index in [2.05, 4.69) is 19.8 Å². The highest BCUT2D eigenvalue weighted by molar-refractivity contribution is 5.76. The fourth-order valence-corrected chi connectivity index (χ4v) is 3.61. The van der Waals surface area contributed by atoms with Crippen LogP contribution < -0.4 is 4.90 Å². The van der Waals surface area contributed by atoms with Crippen LogP contribution in [0.3, 0.4) is 0 Å². The number of hydrogen-bond donors (Lipinski definition) is 0. The first-order valence-corrected chi connectivity index (χ1v) is 9.10. The summed E-state index contributed by atoms with van der Waals surface area (Å²) in [6.07, 6.45) is 9.19. The SMILES string of the molecule is CN(C)c1ncc(CN2CCC(CC(=O)N3CCCC3)CC2)cn1. The molecule has 1 aromatic heterocycles. The minimum Gasteiger partial charge on any atom is -0.347 e. The van der Waals surface area contributed by atoms with Gasteiger partial charge in [0, 0.05) is 58.1 Å². The Morgan fingerprint density at radius 2 is 1.75 bits per heavy atom. The summed E-state index contributed by atoms with van der Waals surface area (Å²) in [7, 11) is 3.90. The minimum absolute atomic E-state index is 0.374. The average Bonchev–Trinajstić information content (AvgIpc) is 3.12. The van der Waals surface area contributed by atoms with Crippen LogP contribution >= 0.6 is 0 Å². The molecular weight excluding hydrogens is 302 g/mol. The van der Waals surface area contributed by atoms with Crippen LogP contribution in [0.25, 0.3) is 0 Å². The summed E-state index contributed by atoms with van der Waals surface area (Å²) in [6, 6.07) is 0. The molecule has 2 aliphatic rings. The number of nitrogens with zero attached hydrogens (tertiary/aromatic N) is 5. The van der Waals surface area contributed by atoms with Gasteiger partial charge in [0.25, 0.3) is 0 Å². The molecule has 2 fully saturated rings. The van der Waals surface area contributed by atoms with Crippen molar-refractivity contribution in [2.45, 2.75) is 38.6 Å². The largest absolute Gasteiger partial charge is 0.347 e. The van der Waals surface area contributed by atoms with Crippen molar-refractivity contribution >= 4 is 11.9 Å². The number of piperidine rings is 1. The third-order valence-corrected chi connectivity index (χ3v) is 5.13. The van der Waals surface area contributed by atoms with E-state index >= 15 is 0 Å². The first-order chi connectivity index (χ1) is 11.6. The van der Waals surface area contributed by atoms with Gasteiger partial charge in [-0.1, -0.05) is 0 Å². The van der Waals surface area contributed by atoms with E-state index in [1.165, 1.54) is 12.8 Å². The smallest absolute Gasteiger partial charge is 0.224 e. The van der Waals surface area contributed by atoms with Crippen molar-refractivity contribution in [3.63, 3.8) is 0 Å². The van der Waals surface area contributed by atoms with Gasteiger partial charge in [-0.3, -0.25) is 9.69 Å². The zero-order chi connectivity index (χ0) is 16.9. The lowest BCUT2D eigenvalue weighted by Crippen LogP contribution is -2.36. The molecule has 6 heteroatoms. The Labute approximate surface area is 144 Å². The molecule has 2 saturated heterocycles. The summed E-state index contributed by atoms with van der Waals surface area (Å²) in [5, 5.41) is 0. The summed E-state index contributed by atoms with van der Waals surface area (Å²) < 4.78 is 0. The van der Waals surface area contributed by atoms with Gasteiger partial charge in [-0.05, 0) is 44.7 Å². The predicted molar refractivity (Wildman–Crippen MR) is 94.8 cm³/mol. The fourth-order valence-electron chi connectivity index (χ4n) is 3.61. The molecule has 0 unspecified atom stereocenters. The molecule has 0 spiro atoms. The van der Waals surface area contributed by atoms with Crippen LogP contribution in [0.5, 0.6) is 0 Å². The van der Waals surface area contributed by atoms with Gasteiger partial charge in [-0.2, -0.15) is 0 Å². The lowest BCUT2D eigenvalue weighted by atomic mass is 9.93. The molecule has 0 atom stereocenters. The maximum atomic E-state index is 12.3. The van der Waals surface area contributed by atoms with Crippen LogP contribution in [-0.2, 0) is 11.3 Å². The first kappa shape index (κ1) is 17.1. The van der Waals surface area contributed by atoms with Crippen molar-refractivity contribution in [1.82, 2.24) is 19.8 Å². The monoisotopic (exact) mass is 331 g/mol. The standard InChI is InChI=1S/C18H29N5O/c1-21(2)18-19-12-16(13-20-18)14-22-9-5-15(6-10-22)11-17(24)23-7-3-4-8-23/h12-13,15H,3-11,14H2,1-2H3. The lowest BCUT2D eigenvalue weighted by molar-refractivity contribution is -0.131.